The quantitative estimate of drug-likeness (QED) is 0.351. The molecular formula is C20H17NO7. The number of phenolic OH excluding ortho intramolecular Hbond substituents is 3. The lowest BCUT2D eigenvalue weighted by Gasteiger charge is -2.07. The first-order valence-corrected chi connectivity index (χ1v) is 8.38. The fraction of sp³-hybridized carbons (Fsp3) is 0.150. The number of hydrogen-bond acceptors (Lipinski definition) is 8. The molecule has 0 saturated carbocycles. The summed E-state index contributed by atoms with van der Waals surface area (Å²) in [6.07, 6.45) is 1.20. The van der Waals surface area contributed by atoms with Crippen LogP contribution in [-0.4, -0.2) is 34.1 Å². The van der Waals surface area contributed by atoms with Crippen molar-refractivity contribution >= 4 is 28.8 Å². The van der Waals surface area contributed by atoms with Crippen LogP contribution in [0.5, 0.6) is 17.2 Å². The highest BCUT2D eigenvalue weighted by Gasteiger charge is 2.13. The van der Waals surface area contributed by atoms with Gasteiger partial charge in [0.25, 0.3) is 0 Å². The minimum absolute atomic E-state index is 0.109. The van der Waals surface area contributed by atoms with Gasteiger partial charge in [-0.05, 0) is 30.7 Å². The molecule has 8 nitrogen and oxygen atoms in total. The molecule has 144 valence electrons. The van der Waals surface area contributed by atoms with Crippen LogP contribution in [0.1, 0.15) is 18.1 Å². The van der Waals surface area contributed by atoms with E-state index in [-0.39, 0.29) is 41.5 Å². The molecular weight excluding hydrogens is 366 g/mol. The van der Waals surface area contributed by atoms with Crippen molar-refractivity contribution in [3.05, 3.63) is 57.9 Å². The van der Waals surface area contributed by atoms with Crippen LogP contribution in [0.15, 0.2) is 50.6 Å². The van der Waals surface area contributed by atoms with Crippen LogP contribution in [0.25, 0.3) is 11.0 Å². The van der Waals surface area contributed by atoms with Gasteiger partial charge < -0.3 is 24.5 Å². The van der Waals surface area contributed by atoms with Crippen LogP contribution >= 0.6 is 0 Å². The number of hydrogen-bond donors (Lipinski definition) is 3. The van der Waals surface area contributed by atoms with Gasteiger partial charge in [0.1, 0.15) is 28.5 Å². The predicted octanol–water partition coefficient (Wildman–Crippen LogP) is 2.77. The number of benzene rings is 2. The molecule has 0 saturated heterocycles. The third kappa shape index (κ3) is 4.29. The van der Waals surface area contributed by atoms with Gasteiger partial charge in [-0.3, -0.25) is 9.79 Å². The second-order valence-corrected chi connectivity index (χ2v) is 5.95. The Morgan fingerprint density at radius 1 is 1.11 bits per heavy atom. The maximum atomic E-state index is 11.8. The molecule has 0 atom stereocenters. The number of aromatic hydroxyl groups is 3. The molecule has 0 fully saturated rings. The first-order chi connectivity index (χ1) is 13.4. The molecule has 0 spiro atoms. The van der Waals surface area contributed by atoms with E-state index < -0.39 is 11.6 Å². The van der Waals surface area contributed by atoms with Crippen molar-refractivity contribution in [2.24, 2.45) is 4.99 Å². The summed E-state index contributed by atoms with van der Waals surface area (Å²) >= 11 is 0. The SMILES string of the molecule is CCOC(=O)Cc1cc(=O)oc2cc(O)c(N=Cc3cc(O)cc(O)c3)cc12. The zero-order chi connectivity index (χ0) is 20.3. The first-order valence-electron chi connectivity index (χ1n) is 8.38. The molecule has 3 N–H and O–H groups in total. The van der Waals surface area contributed by atoms with Crippen LogP contribution in [0.3, 0.4) is 0 Å². The number of carbonyl (C=O) groups excluding carboxylic acids is 1. The van der Waals surface area contributed by atoms with Crippen LogP contribution in [-0.2, 0) is 16.0 Å². The topological polar surface area (TPSA) is 130 Å². The Hall–Kier alpha value is -3.81. The smallest absolute Gasteiger partial charge is 0.336 e. The van der Waals surface area contributed by atoms with E-state index in [1.165, 1.54) is 42.6 Å². The summed E-state index contributed by atoms with van der Waals surface area (Å²) in [5.41, 5.74) is 0.393. The molecule has 1 aromatic heterocycles. The second kappa shape index (κ2) is 7.83. The molecule has 0 bridgehead atoms. The van der Waals surface area contributed by atoms with Crippen molar-refractivity contribution in [1.82, 2.24) is 0 Å². The molecule has 3 rings (SSSR count). The summed E-state index contributed by atoms with van der Waals surface area (Å²) < 4.78 is 10.0. The maximum Gasteiger partial charge on any atom is 0.336 e. The highest BCUT2D eigenvalue weighted by atomic mass is 16.5. The summed E-state index contributed by atoms with van der Waals surface area (Å²) in [4.78, 5) is 27.7. The number of carbonyl (C=O) groups is 1. The van der Waals surface area contributed by atoms with Crippen LogP contribution in [0, 0.1) is 0 Å². The van der Waals surface area contributed by atoms with Gasteiger partial charge in [-0.15, -0.1) is 0 Å². The number of esters is 1. The van der Waals surface area contributed by atoms with E-state index in [0.717, 1.165) is 0 Å². The Morgan fingerprint density at radius 2 is 1.82 bits per heavy atom. The van der Waals surface area contributed by atoms with Gasteiger partial charge in [0.2, 0.25) is 0 Å². The predicted molar refractivity (Wildman–Crippen MR) is 102 cm³/mol. The number of nitrogens with zero attached hydrogens (tertiary/aromatic N) is 1. The van der Waals surface area contributed by atoms with E-state index in [1.54, 1.807) is 6.92 Å². The Bertz CT molecular complexity index is 1110. The third-order valence-electron chi connectivity index (χ3n) is 3.84. The zero-order valence-electron chi connectivity index (χ0n) is 14.9. The summed E-state index contributed by atoms with van der Waals surface area (Å²) in [5.74, 6) is -1.02. The highest BCUT2D eigenvalue weighted by molar-refractivity contribution is 5.91. The van der Waals surface area contributed by atoms with E-state index in [1.807, 2.05) is 0 Å². The summed E-state index contributed by atoms with van der Waals surface area (Å²) in [6, 6.07) is 7.84. The Kier molecular flexibility index (Phi) is 5.30. The highest BCUT2D eigenvalue weighted by Crippen LogP contribution is 2.33. The van der Waals surface area contributed by atoms with E-state index in [4.69, 9.17) is 9.15 Å². The fourth-order valence-corrected chi connectivity index (χ4v) is 2.70. The minimum Gasteiger partial charge on any atom is -0.508 e. The normalized spacial score (nSPS) is 11.2. The Balaban J connectivity index is 2.04. The average molecular weight is 383 g/mol. The Morgan fingerprint density at radius 3 is 2.50 bits per heavy atom. The van der Waals surface area contributed by atoms with E-state index in [2.05, 4.69) is 4.99 Å². The number of rotatable bonds is 5. The molecule has 8 heteroatoms. The maximum absolute atomic E-state index is 11.8. The summed E-state index contributed by atoms with van der Waals surface area (Å²) in [6.45, 7) is 1.89. The third-order valence-corrected chi connectivity index (χ3v) is 3.84. The molecule has 0 unspecified atom stereocenters. The monoisotopic (exact) mass is 383 g/mol. The minimum atomic E-state index is -0.655. The van der Waals surface area contributed by atoms with Gasteiger partial charge in [-0.2, -0.15) is 0 Å². The molecule has 0 amide bonds. The Labute approximate surface area is 159 Å². The molecule has 1 heterocycles. The number of fused-ring (bicyclic) bond motifs is 1. The van der Waals surface area contributed by atoms with Gasteiger partial charge in [0, 0.05) is 35.4 Å². The number of aliphatic imine (C=N–C) groups is 1. The second-order valence-electron chi connectivity index (χ2n) is 5.95. The lowest BCUT2D eigenvalue weighted by atomic mass is 10.1. The molecule has 0 aliphatic rings. The van der Waals surface area contributed by atoms with Crippen LogP contribution < -0.4 is 5.63 Å². The first kappa shape index (κ1) is 19.0. The average Bonchev–Trinajstić information content (AvgIpc) is 2.59. The summed E-state index contributed by atoms with van der Waals surface area (Å²) in [5, 5.41) is 29.6. The van der Waals surface area contributed by atoms with E-state index in [9.17, 15) is 24.9 Å². The van der Waals surface area contributed by atoms with Gasteiger partial charge in [0.15, 0.2) is 0 Å². The number of ether oxygens (including phenoxy) is 1. The van der Waals surface area contributed by atoms with Gasteiger partial charge in [-0.25, -0.2) is 4.79 Å². The van der Waals surface area contributed by atoms with Crippen molar-refractivity contribution in [2.45, 2.75) is 13.3 Å². The molecule has 0 aliphatic carbocycles. The van der Waals surface area contributed by atoms with Gasteiger partial charge in [0.05, 0.1) is 13.0 Å². The molecule has 0 radical (unpaired) electrons. The van der Waals surface area contributed by atoms with E-state index in [0.29, 0.717) is 16.5 Å². The molecule has 2 aromatic carbocycles. The van der Waals surface area contributed by atoms with Crippen molar-refractivity contribution in [3.8, 4) is 17.2 Å². The standard InChI is InChI=1S/C20H17NO7/c1-2-27-19(25)5-12-6-20(26)28-18-9-17(24)16(8-15(12)18)21-10-11-3-13(22)7-14(23)4-11/h3-4,6-10,22-24H,2,5H2,1H3. The molecule has 3 aromatic rings. The molecule has 0 aliphatic heterocycles. The van der Waals surface area contributed by atoms with E-state index >= 15 is 0 Å². The van der Waals surface area contributed by atoms with Gasteiger partial charge in [-0.1, -0.05) is 0 Å². The van der Waals surface area contributed by atoms with Gasteiger partial charge >= 0.3 is 11.6 Å². The zero-order valence-corrected chi connectivity index (χ0v) is 14.9. The van der Waals surface area contributed by atoms with Crippen molar-refractivity contribution in [1.29, 1.82) is 0 Å². The van der Waals surface area contributed by atoms with Crippen molar-refractivity contribution in [2.75, 3.05) is 6.61 Å². The number of phenols is 3. The lowest BCUT2D eigenvalue weighted by Crippen LogP contribution is -2.10. The van der Waals surface area contributed by atoms with Crippen molar-refractivity contribution < 1.29 is 29.3 Å². The fourth-order valence-electron chi connectivity index (χ4n) is 2.70. The molecule has 28 heavy (non-hydrogen) atoms. The van der Waals surface area contributed by atoms with Crippen LogP contribution in [0.4, 0.5) is 5.69 Å². The van der Waals surface area contributed by atoms with Crippen LogP contribution in [0.2, 0.25) is 0 Å². The summed E-state index contributed by atoms with van der Waals surface area (Å²) in [7, 11) is 0. The largest absolute Gasteiger partial charge is 0.508 e. The lowest BCUT2D eigenvalue weighted by molar-refractivity contribution is -0.142. The van der Waals surface area contributed by atoms with Crippen molar-refractivity contribution in [3.63, 3.8) is 0 Å².